The van der Waals surface area contributed by atoms with Gasteiger partial charge >= 0.3 is 5.97 Å². The van der Waals surface area contributed by atoms with E-state index in [2.05, 4.69) is 31.0 Å². The second kappa shape index (κ2) is 9.26. The standard InChI is InChI=1S/C23H31NO4/c1-5-7-22-24-15(3)21(28-22)12-13-27-17-9-11-19-16(14-17)8-10-20(19)18(6-2)23(25)26-4/h9,11,14,18,20H,5-8,10,12-13H2,1-4H3. The SMILES string of the molecule is CCCc1nc(C)c(CCOc2ccc3c(c2)CCC3C(CC)C(=O)OC)o1. The lowest BCUT2D eigenvalue weighted by Gasteiger charge is -2.20. The number of aryl methyl sites for hydroxylation is 3. The van der Waals surface area contributed by atoms with Gasteiger partial charge in [-0.05, 0) is 61.8 Å². The molecule has 0 saturated heterocycles. The van der Waals surface area contributed by atoms with Crippen molar-refractivity contribution in [3.63, 3.8) is 0 Å². The Morgan fingerprint density at radius 1 is 1.32 bits per heavy atom. The van der Waals surface area contributed by atoms with Crippen molar-refractivity contribution in [2.75, 3.05) is 13.7 Å². The second-order valence-electron chi connectivity index (χ2n) is 7.51. The Morgan fingerprint density at radius 3 is 2.86 bits per heavy atom. The van der Waals surface area contributed by atoms with Crippen LogP contribution in [0, 0.1) is 12.8 Å². The lowest BCUT2D eigenvalue weighted by atomic mass is 9.85. The third kappa shape index (κ3) is 4.40. The molecule has 0 bridgehead atoms. The number of fused-ring (bicyclic) bond motifs is 1. The van der Waals surface area contributed by atoms with Gasteiger partial charge in [-0.1, -0.05) is 19.9 Å². The minimum absolute atomic E-state index is 0.0650. The summed E-state index contributed by atoms with van der Waals surface area (Å²) in [5, 5.41) is 0. The molecular formula is C23H31NO4. The molecule has 1 aromatic carbocycles. The Labute approximate surface area is 167 Å². The third-order valence-corrected chi connectivity index (χ3v) is 5.67. The minimum Gasteiger partial charge on any atom is -0.493 e. The number of carbonyl (C=O) groups is 1. The van der Waals surface area contributed by atoms with Crippen molar-refractivity contribution >= 4 is 5.97 Å². The van der Waals surface area contributed by atoms with E-state index in [1.54, 1.807) is 0 Å². The molecule has 1 aromatic heterocycles. The normalized spacial score (nSPS) is 16.6. The van der Waals surface area contributed by atoms with Gasteiger partial charge in [-0.25, -0.2) is 4.98 Å². The number of hydrogen-bond donors (Lipinski definition) is 0. The van der Waals surface area contributed by atoms with Crippen molar-refractivity contribution in [2.24, 2.45) is 5.92 Å². The van der Waals surface area contributed by atoms with Crippen LogP contribution in [-0.4, -0.2) is 24.7 Å². The van der Waals surface area contributed by atoms with Crippen LogP contribution in [0.3, 0.4) is 0 Å². The smallest absolute Gasteiger partial charge is 0.309 e. The summed E-state index contributed by atoms with van der Waals surface area (Å²) in [4.78, 5) is 16.6. The highest BCUT2D eigenvalue weighted by atomic mass is 16.5. The van der Waals surface area contributed by atoms with Crippen LogP contribution in [0.25, 0.3) is 0 Å². The fourth-order valence-corrected chi connectivity index (χ4v) is 4.20. The van der Waals surface area contributed by atoms with E-state index in [9.17, 15) is 4.79 Å². The quantitative estimate of drug-likeness (QED) is 0.581. The van der Waals surface area contributed by atoms with Gasteiger partial charge in [0.25, 0.3) is 0 Å². The number of benzene rings is 1. The summed E-state index contributed by atoms with van der Waals surface area (Å²) in [6.45, 7) is 6.71. The molecule has 0 spiro atoms. The fourth-order valence-electron chi connectivity index (χ4n) is 4.20. The van der Waals surface area contributed by atoms with E-state index in [4.69, 9.17) is 13.9 Å². The predicted molar refractivity (Wildman–Crippen MR) is 108 cm³/mol. The molecule has 0 fully saturated rings. The maximum absolute atomic E-state index is 12.1. The topological polar surface area (TPSA) is 61.6 Å². The first-order valence-corrected chi connectivity index (χ1v) is 10.4. The average Bonchev–Trinajstić information content (AvgIpc) is 3.26. The molecule has 5 nitrogen and oxygen atoms in total. The van der Waals surface area contributed by atoms with E-state index in [0.717, 1.165) is 55.2 Å². The molecule has 2 aromatic rings. The molecular weight excluding hydrogens is 354 g/mol. The molecule has 3 rings (SSSR count). The Bertz CT molecular complexity index is 811. The first-order chi connectivity index (χ1) is 13.6. The maximum atomic E-state index is 12.1. The van der Waals surface area contributed by atoms with Crippen LogP contribution in [0.1, 0.15) is 67.5 Å². The molecule has 0 N–H and O–H groups in total. The first kappa shape index (κ1) is 20.4. The maximum Gasteiger partial charge on any atom is 0.309 e. The fraction of sp³-hybridized carbons (Fsp3) is 0.565. The lowest BCUT2D eigenvalue weighted by molar-refractivity contribution is -0.146. The number of esters is 1. The summed E-state index contributed by atoms with van der Waals surface area (Å²) in [5.41, 5.74) is 3.50. The Hall–Kier alpha value is -2.30. The zero-order valence-corrected chi connectivity index (χ0v) is 17.4. The van der Waals surface area contributed by atoms with Gasteiger partial charge in [-0.15, -0.1) is 0 Å². The summed E-state index contributed by atoms with van der Waals surface area (Å²) in [5.74, 6) is 2.67. The van der Waals surface area contributed by atoms with Gasteiger partial charge in [-0.3, -0.25) is 4.79 Å². The molecule has 1 aliphatic rings. The zero-order chi connectivity index (χ0) is 20.1. The van der Waals surface area contributed by atoms with Crippen LogP contribution >= 0.6 is 0 Å². The highest BCUT2D eigenvalue weighted by Crippen LogP contribution is 2.41. The molecule has 0 amide bonds. The van der Waals surface area contributed by atoms with Crippen LogP contribution in [0.15, 0.2) is 22.6 Å². The van der Waals surface area contributed by atoms with Crippen molar-refractivity contribution < 1.29 is 18.7 Å². The summed E-state index contributed by atoms with van der Waals surface area (Å²) >= 11 is 0. The van der Waals surface area contributed by atoms with Gasteiger partial charge in [0, 0.05) is 12.8 Å². The highest BCUT2D eigenvalue weighted by molar-refractivity contribution is 5.74. The van der Waals surface area contributed by atoms with Gasteiger partial charge in [0.05, 0.1) is 25.3 Å². The zero-order valence-electron chi connectivity index (χ0n) is 17.4. The van der Waals surface area contributed by atoms with Gasteiger partial charge < -0.3 is 13.9 Å². The molecule has 28 heavy (non-hydrogen) atoms. The largest absolute Gasteiger partial charge is 0.493 e. The van der Waals surface area contributed by atoms with Crippen LogP contribution in [-0.2, 0) is 28.8 Å². The van der Waals surface area contributed by atoms with Crippen LogP contribution in [0.4, 0.5) is 0 Å². The monoisotopic (exact) mass is 385 g/mol. The van der Waals surface area contributed by atoms with Crippen molar-refractivity contribution in [1.82, 2.24) is 4.98 Å². The molecule has 152 valence electrons. The molecule has 1 aliphatic carbocycles. The van der Waals surface area contributed by atoms with Crippen molar-refractivity contribution in [3.05, 3.63) is 46.7 Å². The Kier molecular flexibility index (Phi) is 6.76. The second-order valence-corrected chi connectivity index (χ2v) is 7.51. The summed E-state index contributed by atoms with van der Waals surface area (Å²) < 4.78 is 16.8. The molecule has 0 radical (unpaired) electrons. The number of oxazole rings is 1. The average molecular weight is 386 g/mol. The van der Waals surface area contributed by atoms with Gasteiger partial charge in [-0.2, -0.15) is 0 Å². The lowest BCUT2D eigenvalue weighted by Crippen LogP contribution is -2.21. The van der Waals surface area contributed by atoms with E-state index in [-0.39, 0.29) is 17.8 Å². The number of aromatic nitrogens is 1. The predicted octanol–water partition coefficient (Wildman–Crippen LogP) is 4.79. The number of carbonyl (C=O) groups excluding carboxylic acids is 1. The molecule has 0 aliphatic heterocycles. The number of rotatable bonds is 9. The third-order valence-electron chi connectivity index (χ3n) is 5.67. The number of ether oxygens (including phenoxy) is 2. The minimum atomic E-state index is -0.106. The van der Waals surface area contributed by atoms with E-state index in [1.807, 2.05) is 13.0 Å². The number of nitrogens with zero attached hydrogens (tertiary/aromatic N) is 1. The Morgan fingerprint density at radius 2 is 2.14 bits per heavy atom. The summed E-state index contributed by atoms with van der Waals surface area (Å²) in [6, 6.07) is 6.25. The van der Waals surface area contributed by atoms with Gasteiger partial charge in [0.1, 0.15) is 11.5 Å². The highest BCUT2D eigenvalue weighted by Gasteiger charge is 2.33. The molecule has 1 heterocycles. The molecule has 2 unspecified atom stereocenters. The van der Waals surface area contributed by atoms with Gasteiger partial charge in [0.15, 0.2) is 5.89 Å². The number of methoxy groups -OCH3 is 1. The van der Waals surface area contributed by atoms with Crippen LogP contribution < -0.4 is 4.74 Å². The first-order valence-electron chi connectivity index (χ1n) is 10.4. The van der Waals surface area contributed by atoms with E-state index < -0.39 is 0 Å². The van der Waals surface area contributed by atoms with Crippen molar-refractivity contribution in [1.29, 1.82) is 0 Å². The van der Waals surface area contributed by atoms with E-state index in [1.165, 1.54) is 18.2 Å². The van der Waals surface area contributed by atoms with Crippen LogP contribution in [0.2, 0.25) is 0 Å². The number of hydrogen-bond acceptors (Lipinski definition) is 5. The molecule has 0 saturated carbocycles. The van der Waals surface area contributed by atoms with E-state index in [0.29, 0.717) is 13.0 Å². The Balaban J connectivity index is 1.61. The molecule has 2 atom stereocenters. The van der Waals surface area contributed by atoms with Crippen LogP contribution in [0.5, 0.6) is 5.75 Å². The summed E-state index contributed by atoms with van der Waals surface area (Å²) in [7, 11) is 1.47. The van der Waals surface area contributed by atoms with E-state index >= 15 is 0 Å². The van der Waals surface area contributed by atoms with Gasteiger partial charge in [0.2, 0.25) is 0 Å². The van der Waals surface area contributed by atoms with Crippen molar-refractivity contribution in [2.45, 2.75) is 65.2 Å². The van der Waals surface area contributed by atoms with Crippen molar-refractivity contribution in [3.8, 4) is 5.75 Å². The molecule has 5 heteroatoms. The summed E-state index contributed by atoms with van der Waals surface area (Å²) in [6.07, 6.45) is 5.38.